The SMILES string of the molecule is C=CCc1cc(C(C)(C)c2ccc(OCC(O)COc3ccc(-c4nc(-c5ccc(C)cc5O)nc(-c5ccc(C)cc5O)n4)cc3)c(CC=C)c2)ccc1OCC(O)COc1ccc(-c2nc(-c3ccc(C)cc3O)nc(-c3ccc(C)cc3O)n2)cc1. The number of rotatable bonds is 24. The fraction of sp³-hybridized carbons (Fsp3) is 0.205. The first kappa shape index (κ1) is 61.7. The van der Waals surface area contributed by atoms with Crippen LogP contribution in [0.4, 0.5) is 0 Å². The van der Waals surface area contributed by atoms with Gasteiger partial charge < -0.3 is 49.6 Å². The smallest absolute Gasteiger partial charge is 0.167 e. The standard InChI is InChI=1S/C73H70N6O10/c1-9-11-49-37-51(21-31-65(49)88-41-53(80)39-86-55-23-17-47(18-24-55)67-74-69(57-27-13-43(3)33-61(57)82)78-70(75-67)58-28-14-44(4)34-62(58)83)73(7,8)52-22-32-66(50(38-52)12-10-2)89-42-54(81)40-87-56-25-19-48(20-26-56)68-76-71(59-29-15-45(5)35-63(59)84)79-72(77-68)60-30-16-46(6)36-64(60)85/h9-10,13-38,53-54,80-85H,1-2,11-12,39-42H2,3-8H3. The Kier molecular flexibility index (Phi) is 18.8. The number of phenolic OH excluding ortho intramolecular Hbond substituents is 4. The minimum absolute atomic E-state index is 0.0207. The molecule has 16 nitrogen and oxygen atoms in total. The van der Waals surface area contributed by atoms with Crippen molar-refractivity contribution in [3.8, 4) is 114 Å². The molecule has 2 heterocycles. The molecule has 0 fully saturated rings. The van der Waals surface area contributed by atoms with Crippen LogP contribution in [0.2, 0.25) is 0 Å². The van der Waals surface area contributed by atoms with E-state index >= 15 is 0 Å². The highest BCUT2D eigenvalue weighted by molar-refractivity contribution is 5.74. The molecule has 0 spiro atoms. The first-order chi connectivity index (χ1) is 42.8. The van der Waals surface area contributed by atoms with Crippen molar-refractivity contribution in [1.29, 1.82) is 0 Å². The fourth-order valence-corrected chi connectivity index (χ4v) is 10.1. The third-order valence-electron chi connectivity index (χ3n) is 15.1. The van der Waals surface area contributed by atoms with Gasteiger partial charge in [-0.05, 0) is 194 Å². The van der Waals surface area contributed by atoms with Gasteiger partial charge in [0.25, 0.3) is 0 Å². The van der Waals surface area contributed by atoms with E-state index in [0.29, 0.717) is 80.9 Å². The van der Waals surface area contributed by atoms with Gasteiger partial charge in [-0.1, -0.05) is 74.5 Å². The number of nitrogens with zero attached hydrogens (tertiary/aromatic N) is 6. The second-order valence-corrected chi connectivity index (χ2v) is 22.6. The molecule has 0 aliphatic rings. The van der Waals surface area contributed by atoms with Gasteiger partial charge in [-0.25, -0.2) is 29.9 Å². The maximum absolute atomic E-state index is 11.1. The normalized spacial score (nSPS) is 12.0. The predicted octanol–water partition coefficient (Wildman–Crippen LogP) is 13.5. The molecule has 0 saturated carbocycles. The molecule has 0 aliphatic carbocycles. The second-order valence-electron chi connectivity index (χ2n) is 22.6. The Morgan fingerprint density at radius 2 is 0.674 bits per heavy atom. The molecule has 452 valence electrons. The molecule has 10 aromatic rings. The van der Waals surface area contributed by atoms with Crippen molar-refractivity contribution < 1.29 is 49.6 Å². The lowest BCUT2D eigenvalue weighted by Crippen LogP contribution is -2.25. The van der Waals surface area contributed by atoms with Crippen LogP contribution in [-0.4, -0.2) is 99.2 Å². The Morgan fingerprint density at radius 1 is 0.382 bits per heavy atom. The number of aliphatic hydroxyl groups excluding tert-OH is 2. The summed E-state index contributed by atoms with van der Waals surface area (Å²) in [4.78, 5) is 28.1. The van der Waals surface area contributed by atoms with Crippen molar-refractivity contribution in [3.05, 3.63) is 228 Å². The van der Waals surface area contributed by atoms with Gasteiger partial charge in [0, 0.05) is 16.5 Å². The molecule has 0 aliphatic heterocycles. The van der Waals surface area contributed by atoms with Crippen LogP contribution < -0.4 is 18.9 Å². The lowest BCUT2D eigenvalue weighted by atomic mass is 9.76. The van der Waals surface area contributed by atoms with Gasteiger partial charge in [0.05, 0.1) is 22.3 Å². The van der Waals surface area contributed by atoms with E-state index < -0.39 is 17.6 Å². The predicted molar refractivity (Wildman–Crippen MR) is 345 cm³/mol. The average molecular weight is 1190 g/mol. The van der Waals surface area contributed by atoms with Crippen molar-refractivity contribution in [3.63, 3.8) is 0 Å². The van der Waals surface area contributed by atoms with Gasteiger partial charge in [-0.2, -0.15) is 0 Å². The Labute approximate surface area is 517 Å². The zero-order chi connectivity index (χ0) is 62.9. The van der Waals surface area contributed by atoms with E-state index in [1.165, 1.54) is 0 Å². The highest BCUT2D eigenvalue weighted by atomic mass is 16.5. The van der Waals surface area contributed by atoms with Gasteiger partial charge in [-0.15, -0.1) is 13.2 Å². The maximum atomic E-state index is 11.1. The van der Waals surface area contributed by atoms with Gasteiger partial charge >= 0.3 is 0 Å². The van der Waals surface area contributed by atoms with Crippen LogP contribution in [0.15, 0.2) is 183 Å². The summed E-state index contributed by atoms with van der Waals surface area (Å²) in [6, 6.07) is 47.3. The quantitative estimate of drug-likeness (QED) is 0.0309. The Hall–Kier alpha value is -10.4. The number of ether oxygens (including phenoxy) is 4. The summed E-state index contributed by atoms with van der Waals surface area (Å²) in [5.74, 6) is 3.93. The lowest BCUT2D eigenvalue weighted by Gasteiger charge is -2.28. The molecule has 89 heavy (non-hydrogen) atoms. The molecular formula is C73H70N6O10. The number of benzene rings is 8. The number of aryl methyl sites for hydroxylation is 4. The van der Waals surface area contributed by atoms with E-state index in [1.807, 2.05) is 88.4 Å². The molecule has 0 radical (unpaired) electrons. The highest BCUT2D eigenvalue weighted by Gasteiger charge is 2.27. The lowest BCUT2D eigenvalue weighted by molar-refractivity contribution is 0.0623. The van der Waals surface area contributed by atoms with E-state index in [9.17, 15) is 30.6 Å². The summed E-state index contributed by atoms with van der Waals surface area (Å²) >= 11 is 0. The Balaban J connectivity index is 0.747. The summed E-state index contributed by atoms with van der Waals surface area (Å²) < 4.78 is 24.5. The maximum Gasteiger partial charge on any atom is 0.167 e. The van der Waals surface area contributed by atoms with Crippen molar-refractivity contribution in [2.24, 2.45) is 0 Å². The molecule has 0 bridgehead atoms. The molecule has 6 N–H and O–H groups in total. The molecule has 2 aromatic heterocycles. The summed E-state index contributed by atoms with van der Waals surface area (Å²) in [5.41, 5.74) is 9.86. The van der Waals surface area contributed by atoms with Crippen molar-refractivity contribution >= 4 is 0 Å². The number of aromatic hydroxyl groups is 4. The molecule has 0 amide bonds. The number of hydrogen-bond acceptors (Lipinski definition) is 16. The topological polar surface area (TPSA) is 236 Å². The number of hydrogen-bond donors (Lipinski definition) is 6. The monoisotopic (exact) mass is 1190 g/mol. The third-order valence-corrected chi connectivity index (χ3v) is 15.1. The fourth-order valence-electron chi connectivity index (χ4n) is 10.1. The summed E-state index contributed by atoms with van der Waals surface area (Å²) in [5, 5.41) is 65.6. The minimum Gasteiger partial charge on any atom is -0.507 e. The highest BCUT2D eigenvalue weighted by Crippen LogP contribution is 2.39. The van der Waals surface area contributed by atoms with Gasteiger partial charge in [0.15, 0.2) is 34.9 Å². The zero-order valence-corrected chi connectivity index (χ0v) is 50.5. The summed E-state index contributed by atoms with van der Waals surface area (Å²) in [6.45, 7) is 19.7. The van der Waals surface area contributed by atoms with Crippen LogP contribution in [0.25, 0.3) is 68.3 Å². The molecule has 2 unspecified atom stereocenters. The van der Waals surface area contributed by atoms with Crippen LogP contribution in [0.3, 0.4) is 0 Å². The van der Waals surface area contributed by atoms with E-state index in [1.54, 1.807) is 97.1 Å². The number of aliphatic hydroxyl groups is 2. The van der Waals surface area contributed by atoms with Crippen LogP contribution >= 0.6 is 0 Å². The third kappa shape index (κ3) is 14.7. The van der Waals surface area contributed by atoms with Crippen LogP contribution in [0.5, 0.6) is 46.0 Å². The molecule has 2 atom stereocenters. The Morgan fingerprint density at radius 3 is 0.966 bits per heavy atom. The van der Waals surface area contributed by atoms with Crippen LogP contribution in [0, 0.1) is 27.7 Å². The second kappa shape index (κ2) is 27.1. The van der Waals surface area contributed by atoms with Gasteiger partial charge in [-0.3, -0.25) is 0 Å². The van der Waals surface area contributed by atoms with Crippen LogP contribution in [-0.2, 0) is 18.3 Å². The molecule has 0 saturated heterocycles. The van der Waals surface area contributed by atoms with E-state index in [0.717, 1.165) is 44.5 Å². The van der Waals surface area contributed by atoms with Crippen molar-refractivity contribution in [2.75, 3.05) is 26.4 Å². The van der Waals surface area contributed by atoms with E-state index in [-0.39, 0.29) is 72.7 Å². The number of aromatic nitrogens is 6. The molecule has 16 heteroatoms. The minimum atomic E-state index is -0.971. The number of phenols is 4. The summed E-state index contributed by atoms with van der Waals surface area (Å²) in [7, 11) is 0. The van der Waals surface area contributed by atoms with E-state index in [4.69, 9.17) is 38.9 Å². The largest absolute Gasteiger partial charge is 0.507 e. The molecule has 10 rings (SSSR count). The first-order valence-corrected chi connectivity index (χ1v) is 29.1. The van der Waals surface area contributed by atoms with Crippen molar-refractivity contribution in [2.45, 2.75) is 72.0 Å². The average Bonchev–Trinajstić information content (AvgIpc) is 2.16. The Bertz CT molecular complexity index is 3800. The number of allylic oxidation sites excluding steroid dienone is 2. The van der Waals surface area contributed by atoms with Gasteiger partial charge in [0.1, 0.15) is 84.6 Å². The molecule has 8 aromatic carbocycles. The van der Waals surface area contributed by atoms with Crippen molar-refractivity contribution in [1.82, 2.24) is 29.9 Å². The van der Waals surface area contributed by atoms with Gasteiger partial charge in [0.2, 0.25) is 0 Å². The first-order valence-electron chi connectivity index (χ1n) is 29.1. The molecular weight excluding hydrogens is 1120 g/mol. The van der Waals surface area contributed by atoms with E-state index in [2.05, 4.69) is 49.1 Å². The van der Waals surface area contributed by atoms with Crippen LogP contribution in [0.1, 0.15) is 58.4 Å². The summed E-state index contributed by atoms with van der Waals surface area (Å²) in [6.07, 6.45) is 2.74. The zero-order valence-electron chi connectivity index (χ0n) is 50.5.